The quantitative estimate of drug-likeness (QED) is 0.792. The van der Waals surface area contributed by atoms with Crippen molar-refractivity contribution in [3.05, 3.63) is 66.0 Å². The molecular formula is C21H28N2O2. The van der Waals surface area contributed by atoms with Gasteiger partial charge in [0.1, 0.15) is 0 Å². The molecule has 1 aromatic heterocycles. The number of hydrogen-bond acceptors (Lipinski definition) is 3. The van der Waals surface area contributed by atoms with Crippen LogP contribution in [0.3, 0.4) is 0 Å². The van der Waals surface area contributed by atoms with Gasteiger partial charge in [-0.3, -0.25) is 9.78 Å². The van der Waals surface area contributed by atoms with Gasteiger partial charge in [0.2, 0.25) is 5.91 Å². The Labute approximate surface area is 150 Å². The number of carbonyl (C=O) groups is 1. The lowest BCUT2D eigenvalue weighted by molar-refractivity contribution is -0.135. The van der Waals surface area contributed by atoms with Crippen LogP contribution in [-0.4, -0.2) is 34.0 Å². The average Bonchev–Trinajstić information content (AvgIpc) is 2.67. The lowest BCUT2D eigenvalue weighted by atomic mass is 9.92. The number of nitrogens with zero attached hydrogens (tertiary/aromatic N) is 2. The van der Waals surface area contributed by atoms with Crippen molar-refractivity contribution in [2.45, 2.75) is 51.2 Å². The summed E-state index contributed by atoms with van der Waals surface area (Å²) < 4.78 is 0. The van der Waals surface area contributed by atoms with Crippen molar-refractivity contribution in [3.63, 3.8) is 0 Å². The zero-order chi connectivity index (χ0) is 18.2. The standard InChI is InChI=1S/C21H28N2O2/c1-4-5-13-19(18-12-9-14-22-15-18)21(25)23(3)16(2)20(24)17-10-7-6-8-11-17/h6-12,14-16,19-20,24H,4-5,13H2,1-3H3/t16-,19-,20+/m0/s1. The number of unbranched alkanes of at least 4 members (excludes halogenated alkanes) is 1. The summed E-state index contributed by atoms with van der Waals surface area (Å²) in [5.41, 5.74) is 1.76. The molecule has 0 fully saturated rings. The lowest BCUT2D eigenvalue weighted by Gasteiger charge is -2.32. The molecule has 25 heavy (non-hydrogen) atoms. The Hall–Kier alpha value is -2.20. The summed E-state index contributed by atoms with van der Waals surface area (Å²) in [6, 6.07) is 13.0. The number of likely N-dealkylation sites (N-methyl/N-ethyl adjacent to an activating group) is 1. The van der Waals surface area contributed by atoms with Crippen LogP contribution in [0.1, 0.15) is 56.3 Å². The van der Waals surface area contributed by atoms with E-state index in [1.165, 1.54) is 0 Å². The highest BCUT2D eigenvalue weighted by molar-refractivity contribution is 5.83. The average molecular weight is 340 g/mol. The van der Waals surface area contributed by atoms with Crippen molar-refractivity contribution in [2.75, 3.05) is 7.05 Å². The summed E-state index contributed by atoms with van der Waals surface area (Å²) in [7, 11) is 1.77. The van der Waals surface area contributed by atoms with E-state index in [2.05, 4.69) is 11.9 Å². The van der Waals surface area contributed by atoms with E-state index in [9.17, 15) is 9.90 Å². The van der Waals surface area contributed by atoms with E-state index in [4.69, 9.17) is 0 Å². The van der Waals surface area contributed by atoms with Crippen LogP contribution in [0.25, 0.3) is 0 Å². The number of amides is 1. The Bertz CT molecular complexity index is 645. The fourth-order valence-corrected chi connectivity index (χ4v) is 3.01. The second-order valence-electron chi connectivity index (χ2n) is 6.53. The predicted molar refractivity (Wildman–Crippen MR) is 100 cm³/mol. The van der Waals surface area contributed by atoms with Gasteiger partial charge in [-0.2, -0.15) is 0 Å². The molecule has 0 radical (unpaired) electrons. The molecule has 0 aliphatic heterocycles. The summed E-state index contributed by atoms with van der Waals surface area (Å²) in [5, 5.41) is 10.6. The number of hydrogen-bond donors (Lipinski definition) is 1. The zero-order valence-electron chi connectivity index (χ0n) is 15.3. The van der Waals surface area contributed by atoms with Crippen LogP contribution < -0.4 is 0 Å². The minimum Gasteiger partial charge on any atom is -0.386 e. The largest absolute Gasteiger partial charge is 0.386 e. The van der Waals surface area contributed by atoms with Crippen molar-refractivity contribution in [2.24, 2.45) is 0 Å². The fraction of sp³-hybridized carbons (Fsp3) is 0.429. The maximum atomic E-state index is 13.1. The summed E-state index contributed by atoms with van der Waals surface area (Å²) >= 11 is 0. The van der Waals surface area contributed by atoms with Crippen LogP contribution in [0, 0.1) is 0 Å². The summed E-state index contributed by atoms with van der Waals surface area (Å²) in [5.74, 6) is -0.187. The first kappa shape index (κ1) is 19.1. The smallest absolute Gasteiger partial charge is 0.230 e. The second-order valence-corrected chi connectivity index (χ2v) is 6.53. The van der Waals surface area contributed by atoms with Crippen LogP contribution in [0.4, 0.5) is 0 Å². The number of aliphatic hydroxyl groups is 1. The van der Waals surface area contributed by atoms with E-state index in [-0.39, 0.29) is 17.9 Å². The first-order valence-corrected chi connectivity index (χ1v) is 8.95. The number of aromatic nitrogens is 1. The number of pyridine rings is 1. The fourth-order valence-electron chi connectivity index (χ4n) is 3.01. The van der Waals surface area contributed by atoms with Crippen molar-refractivity contribution in [1.29, 1.82) is 0 Å². The van der Waals surface area contributed by atoms with Crippen molar-refractivity contribution in [1.82, 2.24) is 9.88 Å². The minimum absolute atomic E-state index is 0.0314. The Balaban J connectivity index is 2.16. The van der Waals surface area contributed by atoms with E-state index in [0.717, 1.165) is 30.4 Å². The van der Waals surface area contributed by atoms with E-state index in [0.29, 0.717) is 0 Å². The molecule has 1 amide bonds. The number of aliphatic hydroxyl groups excluding tert-OH is 1. The molecule has 0 spiro atoms. The second kappa shape index (κ2) is 9.33. The van der Waals surface area contributed by atoms with Crippen LogP contribution >= 0.6 is 0 Å². The van der Waals surface area contributed by atoms with Gasteiger partial charge in [-0.15, -0.1) is 0 Å². The summed E-state index contributed by atoms with van der Waals surface area (Å²) in [4.78, 5) is 18.9. The third-order valence-electron chi connectivity index (χ3n) is 4.79. The Morgan fingerprint density at radius 1 is 1.16 bits per heavy atom. The molecule has 0 aliphatic carbocycles. The highest BCUT2D eigenvalue weighted by Crippen LogP contribution is 2.27. The molecule has 134 valence electrons. The molecule has 4 heteroatoms. The Morgan fingerprint density at radius 2 is 1.84 bits per heavy atom. The third-order valence-corrected chi connectivity index (χ3v) is 4.79. The molecule has 2 rings (SSSR count). The molecule has 1 heterocycles. The maximum Gasteiger partial charge on any atom is 0.230 e. The van der Waals surface area contributed by atoms with Gasteiger partial charge in [-0.25, -0.2) is 0 Å². The molecule has 0 bridgehead atoms. The normalized spacial score (nSPS) is 14.6. The topological polar surface area (TPSA) is 53.4 Å². The van der Waals surface area contributed by atoms with Gasteiger partial charge >= 0.3 is 0 Å². The maximum absolute atomic E-state index is 13.1. The van der Waals surface area contributed by atoms with E-state index in [1.807, 2.05) is 49.4 Å². The molecule has 3 atom stereocenters. The Kier molecular flexibility index (Phi) is 7.14. The van der Waals surface area contributed by atoms with Crippen molar-refractivity contribution < 1.29 is 9.90 Å². The SMILES string of the molecule is CCCC[C@H](C(=O)N(C)[C@@H](C)[C@@H](O)c1ccccc1)c1cccnc1. The highest BCUT2D eigenvalue weighted by atomic mass is 16.3. The molecule has 4 nitrogen and oxygen atoms in total. The van der Waals surface area contributed by atoms with Crippen LogP contribution in [0.15, 0.2) is 54.9 Å². The van der Waals surface area contributed by atoms with Gasteiger partial charge in [0, 0.05) is 19.4 Å². The molecule has 2 aromatic rings. The van der Waals surface area contributed by atoms with Crippen LogP contribution in [-0.2, 0) is 4.79 Å². The van der Waals surface area contributed by atoms with Gasteiger partial charge in [0.15, 0.2) is 0 Å². The molecule has 0 aliphatic rings. The predicted octanol–water partition coefficient (Wildman–Crippen LogP) is 3.94. The van der Waals surface area contributed by atoms with Crippen LogP contribution in [0.2, 0.25) is 0 Å². The number of benzene rings is 1. The highest BCUT2D eigenvalue weighted by Gasteiger charge is 2.29. The summed E-state index contributed by atoms with van der Waals surface area (Å²) in [6.07, 6.45) is 5.58. The minimum atomic E-state index is -0.712. The van der Waals surface area contributed by atoms with E-state index < -0.39 is 6.10 Å². The van der Waals surface area contributed by atoms with Gasteiger partial charge in [-0.05, 0) is 30.5 Å². The van der Waals surface area contributed by atoms with Gasteiger partial charge in [-0.1, -0.05) is 56.2 Å². The first-order chi connectivity index (χ1) is 12.1. The van der Waals surface area contributed by atoms with Crippen LogP contribution in [0.5, 0.6) is 0 Å². The first-order valence-electron chi connectivity index (χ1n) is 8.95. The zero-order valence-corrected chi connectivity index (χ0v) is 15.3. The summed E-state index contributed by atoms with van der Waals surface area (Å²) in [6.45, 7) is 4.01. The van der Waals surface area contributed by atoms with Crippen molar-refractivity contribution >= 4 is 5.91 Å². The molecule has 1 N–H and O–H groups in total. The molecule has 0 saturated carbocycles. The molecular weight excluding hydrogens is 312 g/mol. The van der Waals surface area contributed by atoms with Crippen molar-refractivity contribution in [3.8, 4) is 0 Å². The monoisotopic (exact) mass is 340 g/mol. The number of rotatable bonds is 8. The van der Waals surface area contributed by atoms with Gasteiger partial charge < -0.3 is 10.0 Å². The third kappa shape index (κ3) is 4.89. The van der Waals surface area contributed by atoms with Gasteiger partial charge in [0.25, 0.3) is 0 Å². The molecule has 0 unspecified atom stereocenters. The molecule has 1 aromatic carbocycles. The molecule has 0 saturated heterocycles. The van der Waals surface area contributed by atoms with E-state index >= 15 is 0 Å². The number of carbonyl (C=O) groups excluding carboxylic acids is 1. The van der Waals surface area contributed by atoms with E-state index in [1.54, 1.807) is 24.3 Å². The Morgan fingerprint density at radius 3 is 2.44 bits per heavy atom. The lowest BCUT2D eigenvalue weighted by Crippen LogP contribution is -2.41. The van der Waals surface area contributed by atoms with Gasteiger partial charge in [0.05, 0.1) is 18.1 Å².